The monoisotopic (exact) mass is 432 g/mol. The predicted molar refractivity (Wildman–Crippen MR) is 86.7 cm³/mol. The van der Waals surface area contributed by atoms with E-state index >= 15 is 0 Å². The predicted octanol–water partition coefficient (Wildman–Crippen LogP) is 5.12. The van der Waals surface area contributed by atoms with Gasteiger partial charge >= 0.3 is 0 Å². The summed E-state index contributed by atoms with van der Waals surface area (Å²) in [5.74, 6) is 0. The fraction of sp³-hybridized carbons (Fsp3) is 0. The third-order valence-electron chi connectivity index (χ3n) is 2.36. The zero-order valence-electron chi connectivity index (χ0n) is 8.53. The average molecular weight is 432 g/mol. The van der Waals surface area contributed by atoms with Gasteiger partial charge in [0.15, 0.2) is 0 Å². The molecule has 0 bridgehead atoms. The molecule has 0 aliphatic heterocycles. The summed E-state index contributed by atoms with van der Waals surface area (Å²) in [4.78, 5) is 0. The van der Waals surface area contributed by atoms with Crippen LogP contribution in [0, 0.1) is 3.57 Å². The van der Waals surface area contributed by atoms with Crippen molar-refractivity contribution in [3.8, 4) is 0 Å². The van der Waals surface area contributed by atoms with Gasteiger partial charge in [0.1, 0.15) is 0 Å². The Hall–Kier alpha value is -0.360. The highest BCUT2D eigenvalue weighted by Gasteiger charge is 2.06. The van der Waals surface area contributed by atoms with Crippen molar-refractivity contribution in [3.05, 3.63) is 73.4 Å². The Morgan fingerprint density at radius 1 is 0.875 bits per heavy atom. The van der Waals surface area contributed by atoms with Crippen molar-refractivity contribution in [2.45, 2.75) is 0 Å². The molecular weight excluding hydrogens is 422 g/mol. The first-order valence-corrected chi connectivity index (χ1v) is 7.26. The number of halogens is 2. The standard InChI is InChI=1S/C14H10I2/c15-10-13(11-6-2-1-3-7-11)12-8-4-5-9-14(12)16/h1-10H/b13-10-. The number of hydrogen-bond acceptors (Lipinski definition) is 0. The molecule has 2 aromatic carbocycles. The minimum Gasteiger partial charge on any atom is -0.0622 e. The summed E-state index contributed by atoms with van der Waals surface area (Å²) in [6, 6.07) is 18.9. The van der Waals surface area contributed by atoms with Crippen LogP contribution in [0.1, 0.15) is 11.1 Å². The van der Waals surface area contributed by atoms with Crippen molar-refractivity contribution in [2.24, 2.45) is 0 Å². The number of hydrogen-bond donors (Lipinski definition) is 0. The van der Waals surface area contributed by atoms with Gasteiger partial charge in [0.2, 0.25) is 0 Å². The highest BCUT2D eigenvalue weighted by Crippen LogP contribution is 2.28. The first-order chi connectivity index (χ1) is 7.83. The minimum atomic E-state index is 1.26. The Morgan fingerprint density at radius 3 is 2.12 bits per heavy atom. The fourth-order valence-corrected chi connectivity index (χ4v) is 2.95. The molecule has 0 atom stereocenters. The molecule has 0 aromatic heterocycles. The second-order valence-electron chi connectivity index (χ2n) is 3.37. The maximum Gasteiger partial charge on any atom is 0.0209 e. The first-order valence-electron chi connectivity index (χ1n) is 4.93. The molecule has 0 unspecified atom stereocenters. The van der Waals surface area contributed by atoms with Crippen LogP contribution in [-0.2, 0) is 0 Å². The van der Waals surface area contributed by atoms with Crippen LogP contribution >= 0.6 is 45.2 Å². The van der Waals surface area contributed by atoms with E-state index in [1.54, 1.807) is 0 Å². The van der Waals surface area contributed by atoms with Gasteiger partial charge < -0.3 is 0 Å². The van der Waals surface area contributed by atoms with E-state index in [4.69, 9.17) is 0 Å². The molecule has 2 rings (SSSR count). The van der Waals surface area contributed by atoms with Gasteiger partial charge in [-0.1, -0.05) is 71.1 Å². The Kier molecular flexibility index (Phi) is 4.40. The summed E-state index contributed by atoms with van der Waals surface area (Å²) < 4.78 is 3.43. The molecule has 0 saturated carbocycles. The molecule has 16 heavy (non-hydrogen) atoms. The van der Waals surface area contributed by atoms with Gasteiger partial charge in [-0.2, -0.15) is 0 Å². The molecule has 0 saturated heterocycles. The van der Waals surface area contributed by atoms with Crippen molar-refractivity contribution < 1.29 is 0 Å². The molecule has 0 aliphatic carbocycles. The van der Waals surface area contributed by atoms with Crippen molar-refractivity contribution in [1.29, 1.82) is 0 Å². The third kappa shape index (κ3) is 2.66. The quantitative estimate of drug-likeness (QED) is 0.579. The van der Waals surface area contributed by atoms with Gasteiger partial charge in [-0.25, -0.2) is 0 Å². The van der Waals surface area contributed by atoms with Gasteiger partial charge in [0.25, 0.3) is 0 Å². The van der Waals surface area contributed by atoms with E-state index in [1.807, 2.05) is 6.07 Å². The summed E-state index contributed by atoms with van der Waals surface area (Å²) in [6.45, 7) is 0. The van der Waals surface area contributed by atoms with Crippen LogP contribution in [0.15, 0.2) is 58.7 Å². The van der Waals surface area contributed by atoms with E-state index in [0.29, 0.717) is 0 Å². The average Bonchev–Trinajstić information content (AvgIpc) is 2.34. The molecule has 2 aromatic rings. The number of rotatable bonds is 2. The Bertz CT molecular complexity index is 501. The molecule has 80 valence electrons. The van der Waals surface area contributed by atoms with Crippen LogP contribution in [-0.4, -0.2) is 0 Å². The molecule has 0 amide bonds. The van der Waals surface area contributed by atoms with Crippen molar-refractivity contribution in [3.63, 3.8) is 0 Å². The molecule has 0 heterocycles. The molecule has 2 heteroatoms. The normalized spacial score (nSPS) is 11.5. The summed E-state index contributed by atoms with van der Waals surface area (Å²) in [5, 5.41) is 0. The summed E-state index contributed by atoms with van der Waals surface area (Å²) >= 11 is 4.69. The van der Waals surface area contributed by atoms with Crippen molar-refractivity contribution >= 4 is 50.8 Å². The molecule has 0 nitrogen and oxygen atoms in total. The van der Waals surface area contributed by atoms with Gasteiger partial charge in [-0.15, -0.1) is 0 Å². The lowest BCUT2D eigenvalue weighted by molar-refractivity contribution is 1.52. The Labute approximate surface area is 123 Å². The largest absolute Gasteiger partial charge is 0.0622 e. The van der Waals surface area contributed by atoms with Crippen LogP contribution in [0.3, 0.4) is 0 Å². The van der Waals surface area contributed by atoms with E-state index in [1.165, 1.54) is 20.3 Å². The van der Waals surface area contributed by atoms with Crippen LogP contribution in [0.5, 0.6) is 0 Å². The fourth-order valence-electron chi connectivity index (χ4n) is 1.57. The van der Waals surface area contributed by atoms with Crippen molar-refractivity contribution in [1.82, 2.24) is 0 Å². The van der Waals surface area contributed by atoms with E-state index in [-0.39, 0.29) is 0 Å². The zero-order chi connectivity index (χ0) is 11.4. The lowest BCUT2D eigenvalue weighted by Crippen LogP contribution is -1.89. The molecule has 0 spiro atoms. The third-order valence-corrected chi connectivity index (χ3v) is 3.92. The van der Waals surface area contributed by atoms with Gasteiger partial charge in [-0.05, 0) is 49.4 Å². The molecule has 0 fully saturated rings. The van der Waals surface area contributed by atoms with Crippen LogP contribution in [0.2, 0.25) is 0 Å². The number of benzene rings is 2. The van der Waals surface area contributed by atoms with E-state index < -0.39 is 0 Å². The van der Waals surface area contributed by atoms with E-state index in [0.717, 1.165) is 0 Å². The molecule has 0 N–H and O–H groups in total. The van der Waals surface area contributed by atoms with Gasteiger partial charge in [-0.3, -0.25) is 0 Å². The SMILES string of the molecule is I/C=C(/c1ccccc1)c1ccccc1I. The van der Waals surface area contributed by atoms with Gasteiger partial charge in [0, 0.05) is 3.57 Å². The summed E-state index contributed by atoms with van der Waals surface area (Å²) in [6.07, 6.45) is 0. The Morgan fingerprint density at radius 2 is 1.50 bits per heavy atom. The van der Waals surface area contributed by atoms with Gasteiger partial charge in [0.05, 0.1) is 0 Å². The molecule has 0 aliphatic rings. The van der Waals surface area contributed by atoms with Crippen molar-refractivity contribution in [2.75, 3.05) is 0 Å². The van der Waals surface area contributed by atoms with Crippen LogP contribution < -0.4 is 0 Å². The summed E-state index contributed by atoms with van der Waals surface area (Å²) in [5.41, 5.74) is 3.84. The maximum absolute atomic E-state index is 2.38. The second-order valence-corrected chi connectivity index (χ2v) is 5.15. The van der Waals surface area contributed by atoms with E-state index in [2.05, 4.69) is 97.8 Å². The van der Waals surface area contributed by atoms with Crippen LogP contribution in [0.25, 0.3) is 5.57 Å². The lowest BCUT2D eigenvalue weighted by atomic mass is 10.00. The zero-order valence-corrected chi connectivity index (χ0v) is 12.8. The topological polar surface area (TPSA) is 0 Å². The summed E-state index contributed by atoms with van der Waals surface area (Å²) in [7, 11) is 0. The molecular formula is C14H10I2. The minimum absolute atomic E-state index is 1.26. The maximum atomic E-state index is 2.38. The Balaban J connectivity index is 2.51. The first kappa shape index (κ1) is 12.1. The van der Waals surface area contributed by atoms with E-state index in [9.17, 15) is 0 Å². The van der Waals surface area contributed by atoms with Crippen LogP contribution in [0.4, 0.5) is 0 Å². The molecule has 0 radical (unpaired) electrons. The highest BCUT2D eigenvalue weighted by molar-refractivity contribution is 14.1. The smallest absolute Gasteiger partial charge is 0.0209 e. The lowest BCUT2D eigenvalue weighted by Gasteiger charge is -2.09. The highest BCUT2D eigenvalue weighted by atomic mass is 127. The second kappa shape index (κ2) is 5.82.